The van der Waals surface area contributed by atoms with E-state index in [1.54, 1.807) is 11.1 Å². The fourth-order valence-corrected chi connectivity index (χ4v) is 2.45. The maximum absolute atomic E-state index is 12.0. The number of nitrogens with zero attached hydrogens (tertiary/aromatic N) is 3. The van der Waals surface area contributed by atoms with Gasteiger partial charge >= 0.3 is 6.09 Å². The van der Waals surface area contributed by atoms with Gasteiger partial charge < -0.3 is 15.0 Å². The highest BCUT2D eigenvalue weighted by atomic mass is 32.2. The normalized spacial score (nSPS) is 18.7. The van der Waals surface area contributed by atoms with E-state index in [1.807, 2.05) is 33.1 Å². The topological polar surface area (TPSA) is 67.4 Å². The van der Waals surface area contributed by atoms with Crippen LogP contribution in [0.5, 0.6) is 0 Å². The summed E-state index contributed by atoms with van der Waals surface area (Å²) in [6.07, 6.45) is 4.32. The lowest BCUT2D eigenvalue weighted by Gasteiger charge is -2.24. The summed E-state index contributed by atoms with van der Waals surface area (Å²) >= 11 is 1.51. The van der Waals surface area contributed by atoms with Crippen LogP contribution in [-0.4, -0.2) is 51.9 Å². The molecule has 0 unspecified atom stereocenters. The molecule has 0 bridgehead atoms. The highest BCUT2D eigenvalue weighted by molar-refractivity contribution is 7.98. The molecule has 2 rings (SSSR count). The van der Waals surface area contributed by atoms with Gasteiger partial charge in [-0.25, -0.2) is 14.8 Å². The Hall–Kier alpha value is -1.50. The first-order valence-corrected chi connectivity index (χ1v) is 8.21. The molecule has 0 spiro atoms. The van der Waals surface area contributed by atoms with Crippen molar-refractivity contribution in [3.8, 4) is 0 Å². The molecule has 0 aliphatic carbocycles. The number of likely N-dealkylation sites (tertiary alicyclic amines) is 1. The first-order chi connectivity index (χ1) is 9.87. The van der Waals surface area contributed by atoms with E-state index in [9.17, 15) is 4.79 Å². The van der Waals surface area contributed by atoms with Crippen molar-refractivity contribution in [2.75, 3.05) is 24.7 Å². The molecule has 1 aromatic rings. The lowest BCUT2D eigenvalue weighted by Crippen LogP contribution is -2.36. The van der Waals surface area contributed by atoms with Gasteiger partial charge in [0.25, 0.3) is 0 Å². The van der Waals surface area contributed by atoms with E-state index in [-0.39, 0.29) is 12.1 Å². The molecule has 1 aliphatic rings. The Morgan fingerprint density at radius 2 is 2.29 bits per heavy atom. The van der Waals surface area contributed by atoms with Crippen LogP contribution < -0.4 is 5.32 Å². The predicted molar refractivity (Wildman–Crippen MR) is 83.6 cm³/mol. The van der Waals surface area contributed by atoms with E-state index >= 15 is 0 Å². The van der Waals surface area contributed by atoms with Gasteiger partial charge in [0.15, 0.2) is 5.16 Å². The summed E-state index contributed by atoms with van der Waals surface area (Å²) in [4.78, 5) is 22.3. The third-order valence-corrected chi connectivity index (χ3v) is 3.57. The van der Waals surface area contributed by atoms with Gasteiger partial charge in [-0.15, -0.1) is 0 Å². The molecule has 2 heterocycles. The SMILES string of the molecule is CSc1nccc(N[C@@H]2CCN(C(=O)OC(C)(C)C)C2)n1. The Morgan fingerprint density at radius 1 is 1.52 bits per heavy atom. The Morgan fingerprint density at radius 3 is 2.95 bits per heavy atom. The summed E-state index contributed by atoms with van der Waals surface area (Å²) in [6.45, 7) is 6.96. The predicted octanol–water partition coefficient (Wildman–Crippen LogP) is 2.62. The number of carbonyl (C=O) groups excluding carboxylic acids is 1. The number of rotatable bonds is 3. The summed E-state index contributed by atoms with van der Waals surface area (Å²) in [5.74, 6) is 0.797. The highest BCUT2D eigenvalue weighted by Crippen LogP contribution is 2.18. The molecule has 7 heteroatoms. The molecular weight excluding hydrogens is 288 g/mol. The van der Waals surface area contributed by atoms with Crippen molar-refractivity contribution in [2.24, 2.45) is 0 Å². The monoisotopic (exact) mass is 310 g/mol. The summed E-state index contributed by atoms with van der Waals surface area (Å²) in [7, 11) is 0. The van der Waals surface area contributed by atoms with E-state index < -0.39 is 5.60 Å². The second-order valence-electron chi connectivity index (χ2n) is 5.98. The molecule has 1 fully saturated rings. The van der Waals surface area contributed by atoms with E-state index in [2.05, 4.69) is 15.3 Å². The molecule has 0 radical (unpaired) electrons. The van der Waals surface area contributed by atoms with E-state index in [4.69, 9.17) is 4.74 Å². The van der Waals surface area contributed by atoms with Crippen LogP contribution in [-0.2, 0) is 4.74 Å². The van der Waals surface area contributed by atoms with Gasteiger partial charge in [0, 0.05) is 25.3 Å². The number of aromatic nitrogens is 2. The molecule has 1 aromatic heterocycles. The van der Waals surface area contributed by atoms with Crippen LogP contribution in [0.1, 0.15) is 27.2 Å². The molecule has 1 amide bonds. The van der Waals surface area contributed by atoms with E-state index in [0.29, 0.717) is 13.1 Å². The van der Waals surface area contributed by atoms with Gasteiger partial charge in [-0.1, -0.05) is 11.8 Å². The lowest BCUT2D eigenvalue weighted by atomic mass is 10.2. The Labute approximate surface area is 129 Å². The minimum atomic E-state index is -0.456. The van der Waals surface area contributed by atoms with Crippen LogP contribution >= 0.6 is 11.8 Å². The van der Waals surface area contributed by atoms with Crippen molar-refractivity contribution in [3.05, 3.63) is 12.3 Å². The first kappa shape index (κ1) is 15.9. The number of hydrogen-bond acceptors (Lipinski definition) is 6. The smallest absolute Gasteiger partial charge is 0.410 e. The van der Waals surface area contributed by atoms with Crippen LogP contribution in [0, 0.1) is 0 Å². The first-order valence-electron chi connectivity index (χ1n) is 6.99. The molecule has 1 aliphatic heterocycles. The molecule has 1 atom stereocenters. The van der Waals surface area contributed by atoms with Crippen LogP contribution in [0.15, 0.2) is 17.4 Å². The molecule has 116 valence electrons. The average Bonchev–Trinajstić information content (AvgIpc) is 2.85. The minimum Gasteiger partial charge on any atom is -0.444 e. The number of ether oxygens (including phenoxy) is 1. The second kappa shape index (κ2) is 6.51. The maximum atomic E-state index is 12.0. The number of anilines is 1. The van der Waals surface area contributed by atoms with Crippen molar-refractivity contribution in [2.45, 2.75) is 44.0 Å². The third kappa shape index (κ3) is 4.77. The minimum absolute atomic E-state index is 0.196. The zero-order valence-corrected chi connectivity index (χ0v) is 13.7. The summed E-state index contributed by atoms with van der Waals surface area (Å²) in [6, 6.07) is 2.04. The van der Waals surface area contributed by atoms with Crippen LogP contribution in [0.3, 0.4) is 0 Å². The zero-order valence-electron chi connectivity index (χ0n) is 12.9. The fraction of sp³-hybridized carbons (Fsp3) is 0.643. The van der Waals surface area contributed by atoms with E-state index in [1.165, 1.54) is 11.8 Å². The van der Waals surface area contributed by atoms with Crippen molar-refractivity contribution in [1.82, 2.24) is 14.9 Å². The van der Waals surface area contributed by atoms with Crippen molar-refractivity contribution >= 4 is 23.7 Å². The van der Waals surface area contributed by atoms with Crippen LogP contribution in [0.4, 0.5) is 10.6 Å². The number of nitrogens with one attached hydrogen (secondary N) is 1. The fourth-order valence-electron chi connectivity index (χ4n) is 2.10. The van der Waals surface area contributed by atoms with Gasteiger partial charge in [0.05, 0.1) is 0 Å². The van der Waals surface area contributed by atoms with E-state index in [0.717, 1.165) is 17.4 Å². The molecule has 0 saturated carbocycles. The molecule has 21 heavy (non-hydrogen) atoms. The lowest BCUT2D eigenvalue weighted by molar-refractivity contribution is 0.0293. The largest absolute Gasteiger partial charge is 0.444 e. The van der Waals surface area contributed by atoms with Gasteiger partial charge in [-0.05, 0) is 39.5 Å². The molecule has 6 nitrogen and oxygen atoms in total. The molecular formula is C14H22N4O2S. The molecule has 1 saturated heterocycles. The Kier molecular flexibility index (Phi) is 4.92. The van der Waals surface area contributed by atoms with Gasteiger partial charge in [-0.3, -0.25) is 0 Å². The number of carbonyl (C=O) groups is 1. The van der Waals surface area contributed by atoms with Crippen LogP contribution in [0.2, 0.25) is 0 Å². The van der Waals surface area contributed by atoms with Crippen LogP contribution in [0.25, 0.3) is 0 Å². The number of thioether (sulfide) groups is 1. The number of hydrogen-bond donors (Lipinski definition) is 1. The summed E-state index contributed by atoms with van der Waals surface area (Å²) in [5, 5.41) is 4.09. The molecule has 1 N–H and O–H groups in total. The molecule has 0 aromatic carbocycles. The maximum Gasteiger partial charge on any atom is 0.410 e. The quantitative estimate of drug-likeness (QED) is 0.684. The Bertz CT molecular complexity index is 504. The highest BCUT2D eigenvalue weighted by Gasteiger charge is 2.29. The average molecular weight is 310 g/mol. The summed E-state index contributed by atoms with van der Waals surface area (Å²) in [5.41, 5.74) is -0.456. The van der Waals surface area contributed by atoms with Gasteiger partial charge in [0.2, 0.25) is 0 Å². The standard InChI is InChI=1S/C14H22N4O2S/c1-14(2,3)20-13(19)18-8-6-10(9-18)16-11-5-7-15-12(17-11)21-4/h5,7,10H,6,8-9H2,1-4H3,(H,15,16,17)/t10-/m1/s1. The van der Waals surface area contributed by atoms with Gasteiger partial charge in [0.1, 0.15) is 11.4 Å². The Balaban J connectivity index is 1.89. The van der Waals surface area contributed by atoms with Gasteiger partial charge in [-0.2, -0.15) is 0 Å². The second-order valence-corrected chi connectivity index (χ2v) is 6.76. The van der Waals surface area contributed by atoms with Crippen molar-refractivity contribution in [1.29, 1.82) is 0 Å². The van der Waals surface area contributed by atoms with Crippen molar-refractivity contribution < 1.29 is 9.53 Å². The van der Waals surface area contributed by atoms with Crippen molar-refractivity contribution in [3.63, 3.8) is 0 Å². The summed E-state index contributed by atoms with van der Waals surface area (Å²) < 4.78 is 5.39. The number of amides is 1. The zero-order chi connectivity index (χ0) is 15.5. The third-order valence-electron chi connectivity index (χ3n) is 3.01.